The first-order valence-corrected chi connectivity index (χ1v) is 15.6. The van der Waals surface area contributed by atoms with E-state index in [1.807, 2.05) is 48.5 Å². The molecule has 0 saturated carbocycles. The number of hydrogen-bond acceptors (Lipinski definition) is 7. The smallest absolute Gasteiger partial charge is 0.431 e. The van der Waals surface area contributed by atoms with Gasteiger partial charge in [0.2, 0.25) is 17.7 Å². The summed E-state index contributed by atoms with van der Waals surface area (Å²) in [5.74, 6) is -2.27. The van der Waals surface area contributed by atoms with Crippen molar-refractivity contribution in [3.63, 3.8) is 0 Å². The summed E-state index contributed by atoms with van der Waals surface area (Å²) in [5, 5.41) is 10.5. The summed E-state index contributed by atoms with van der Waals surface area (Å²) in [5.41, 5.74) is 12.8. The second kappa shape index (κ2) is 16.9. The van der Waals surface area contributed by atoms with Crippen LogP contribution in [0.1, 0.15) is 49.3 Å². The minimum atomic E-state index is -1.03. The largest absolute Gasteiger partial charge is 0.447 e. The van der Waals surface area contributed by atoms with E-state index in [2.05, 4.69) is 33.7 Å². The van der Waals surface area contributed by atoms with E-state index >= 15 is 0 Å². The van der Waals surface area contributed by atoms with E-state index in [1.54, 1.807) is 38.1 Å². The van der Waals surface area contributed by atoms with E-state index in [4.69, 9.17) is 15.3 Å². The van der Waals surface area contributed by atoms with Crippen LogP contribution in [0.4, 0.5) is 15.3 Å². The number of urea groups is 1. The number of anilines is 1. The van der Waals surface area contributed by atoms with Crippen LogP contribution in [0.5, 0.6) is 0 Å². The average molecular weight is 658 g/mol. The number of primary amides is 1. The molecule has 3 aromatic rings. The van der Waals surface area contributed by atoms with Crippen molar-refractivity contribution in [3.8, 4) is 11.1 Å². The number of carbonyl (C=O) groups is 5. The SMILES string of the molecule is [CH2]c1ccc(NC(=O)[C@H](CCCNC(N)=O)NC(=O)[C@@H](NC(=O)CONC(=O)OCC2c3ccccc3-c3ccccc32)C(C)C)cc1. The predicted molar refractivity (Wildman–Crippen MR) is 179 cm³/mol. The highest BCUT2D eigenvalue weighted by atomic mass is 16.7. The Labute approximate surface area is 279 Å². The lowest BCUT2D eigenvalue weighted by Crippen LogP contribution is -2.55. The zero-order valence-corrected chi connectivity index (χ0v) is 26.9. The molecule has 2 atom stereocenters. The number of carbonyl (C=O) groups excluding carboxylic acids is 5. The Hall–Kier alpha value is -5.43. The lowest BCUT2D eigenvalue weighted by atomic mass is 9.98. The lowest BCUT2D eigenvalue weighted by molar-refractivity contribution is -0.134. The quantitative estimate of drug-likeness (QED) is 0.107. The number of fused-ring (bicyclic) bond motifs is 3. The van der Waals surface area contributed by atoms with Crippen molar-refractivity contribution in [2.24, 2.45) is 11.7 Å². The van der Waals surface area contributed by atoms with Crippen molar-refractivity contribution >= 4 is 35.5 Å². The van der Waals surface area contributed by atoms with Gasteiger partial charge in [-0.1, -0.05) is 74.5 Å². The van der Waals surface area contributed by atoms with Gasteiger partial charge in [0.15, 0.2) is 6.61 Å². The molecular weight excluding hydrogens is 616 g/mol. The third-order valence-electron chi connectivity index (χ3n) is 7.79. The zero-order valence-electron chi connectivity index (χ0n) is 26.9. The molecule has 1 aliphatic rings. The first-order chi connectivity index (χ1) is 23.0. The predicted octanol–water partition coefficient (Wildman–Crippen LogP) is 3.35. The molecule has 13 heteroatoms. The second-order valence-electron chi connectivity index (χ2n) is 11.7. The maximum atomic E-state index is 13.3. The molecule has 0 bridgehead atoms. The molecule has 0 heterocycles. The highest BCUT2D eigenvalue weighted by molar-refractivity contribution is 5.98. The second-order valence-corrected chi connectivity index (χ2v) is 11.7. The van der Waals surface area contributed by atoms with Crippen molar-refractivity contribution in [2.45, 2.75) is 44.7 Å². The van der Waals surface area contributed by atoms with E-state index in [-0.39, 0.29) is 31.4 Å². The van der Waals surface area contributed by atoms with Crippen LogP contribution in [0.3, 0.4) is 0 Å². The number of amides is 6. The number of benzene rings is 3. The van der Waals surface area contributed by atoms with Gasteiger partial charge in [-0.2, -0.15) is 5.48 Å². The van der Waals surface area contributed by atoms with Crippen LogP contribution in [0.15, 0.2) is 72.8 Å². The minimum Gasteiger partial charge on any atom is -0.447 e. The summed E-state index contributed by atoms with van der Waals surface area (Å²) in [6.07, 6.45) is -0.350. The molecule has 253 valence electrons. The Bertz CT molecular complexity index is 1570. The lowest BCUT2D eigenvalue weighted by Gasteiger charge is -2.25. The summed E-state index contributed by atoms with van der Waals surface area (Å²) in [6, 6.07) is 20.0. The third kappa shape index (κ3) is 9.79. The van der Waals surface area contributed by atoms with E-state index < -0.39 is 48.5 Å². The molecule has 13 nitrogen and oxygen atoms in total. The van der Waals surface area contributed by atoms with Gasteiger partial charge >= 0.3 is 12.1 Å². The summed E-state index contributed by atoms with van der Waals surface area (Å²) < 4.78 is 5.40. The van der Waals surface area contributed by atoms with Crippen molar-refractivity contribution in [2.75, 3.05) is 25.1 Å². The fraction of sp³-hybridized carbons (Fsp3) is 0.314. The van der Waals surface area contributed by atoms with E-state index in [1.165, 1.54) is 0 Å². The van der Waals surface area contributed by atoms with Crippen molar-refractivity contribution in [3.05, 3.63) is 96.4 Å². The molecule has 48 heavy (non-hydrogen) atoms. The number of nitrogens with one attached hydrogen (secondary N) is 5. The molecule has 0 spiro atoms. The normalized spacial score (nSPS) is 13.0. The van der Waals surface area contributed by atoms with E-state index in [9.17, 15) is 24.0 Å². The maximum absolute atomic E-state index is 13.3. The van der Waals surface area contributed by atoms with Gasteiger partial charge < -0.3 is 31.7 Å². The van der Waals surface area contributed by atoms with Crippen LogP contribution < -0.4 is 32.5 Å². The number of rotatable bonds is 15. The van der Waals surface area contributed by atoms with Crippen LogP contribution in [-0.4, -0.2) is 61.7 Å². The van der Waals surface area contributed by atoms with E-state index in [0.717, 1.165) is 27.8 Å². The molecule has 0 aliphatic heterocycles. The van der Waals surface area contributed by atoms with Gasteiger partial charge in [-0.05, 0) is 65.6 Å². The van der Waals surface area contributed by atoms with Crippen LogP contribution in [-0.2, 0) is 24.0 Å². The first-order valence-electron chi connectivity index (χ1n) is 15.6. The molecule has 3 aromatic carbocycles. The average Bonchev–Trinajstić information content (AvgIpc) is 3.38. The standard InChI is InChI=1S/C35H41N6O7/c1-21(2)31(33(44)39-29(13-8-18-37-34(36)45)32(43)38-23-16-14-22(3)15-17-23)40-30(42)20-48-41-35(46)47-19-28-26-11-6-4-9-24(26)25-10-5-7-12-27(25)28/h4-7,9-12,14-17,21,28-29,31H,3,8,13,18-20H2,1-2H3,(H,38,43)(H,39,44)(H,40,42)(H,41,46)(H3,36,37,45)/t29-,31-/m0/s1. The topological polar surface area (TPSA) is 190 Å². The fourth-order valence-corrected chi connectivity index (χ4v) is 5.40. The number of hydrogen-bond donors (Lipinski definition) is 6. The molecule has 7 N–H and O–H groups in total. The van der Waals surface area contributed by atoms with Gasteiger partial charge in [0.25, 0.3) is 0 Å². The summed E-state index contributed by atoms with van der Waals surface area (Å²) in [4.78, 5) is 67.7. The Morgan fingerprint density at radius 3 is 2.08 bits per heavy atom. The minimum absolute atomic E-state index is 0.0689. The molecule has 0 aromatic heterocycles. The zero-order chi connectivity index (χ0) is 34.6. The fourth-order valence-electron chi connectivity index (χ4n) is 5.40. The molecule has 1 radical (unpaired) electrons. The van der Waals surface area contributed by atoms with Gasteiger partial charge in [0.05, 0.1) is 0 Å². The van der Waals surface area contributed by atoms with Crippen molar-refractivity contribution in [1.82, 2.24) is 21.4 Å². The molecule has 0 unspecified atom stereocenters. The summed E-state index contributed by atoms with van der Waals surface area (Å²) >= 11 is 0. The molecule has 4 rings (SSSR count). The van der Waals surface area contributed by atoms with Crippen LogP contribution >= 0.6 is 0 Å². The van der Waals surface area contributed by atoms with Crippen LogP contribution in [0.25, 0.3) is 11.1 Å². The highest BCUT2D eigenvalue weighted by Gasteiger charge is 2.30. The van der Waals surface area contributed by atoms with Gasteiger partial charge in [0, 0.05) is 18.2 Å². The van der Waals surface area contributed by atoms with Crippen LogP contribution in [0.2, 0.25) is 0 Å². The van der Waals surface area contributed by atoms with Gasteiger partial charge in [-0.15, -0.1) is 0 Å². The van der Waals surface area contributed by atoms with Gasteiger partial charge in [-0.25, -0.2) is 9.59 Å². The Balaban J connectivity index is 1.27. The number of hydroxylamine groups is 1. The Morgan fingerprint density at radius 1 is 0.854 bits per heavy atom. The molecule has 0 fully saturated rings. The van der Waals surface area contributed by atoms with Gasteiger partial charge in [0.1, 0.15) is 18.7 Å². The first kappa shape index (κ1) is 35.4. The molecule has 0 saturated heterocycles. The summed E-state index contributed by atoms with van der Waals surface area (Å²) in [6.45, 7) is 6.95. The molecule has 6 amide bonds. The van der Waals surface area contributed by atoms with Crippen LogP contribution in [0, 0.1) is 12.8 Å². The van der Waals surface area contributed by atoms with Crippen molar-refractivity contribution < 1.29 is 33.5 Å². The Morgan fingerprint density at radius 2 is 1.48 bits per heavy atom. The monoisotopic (exact) mass is 657 g/mol. The summed E-state index contributed by atoms with van der Waals surface area (Å²) in [7, 11) is 0. The molecular formula is C35H41N6O7. The van der Waals surface area contributed by atoms with Crippen molar-refractivity contribution in [1.29, 1.82) is 0 Å². The number of ether oxygens (including phenoxy) is 1. The van der Waals surface area contributed by atoms with Gasteiger partial charge in [-0.3, -0.25) is 19.2 Å². The third-order valence-corrected chi connectivity index (χ3v) is 7.79. The highest BCUT2D eigenvalue weighted by Crippen LogP contribution is 2.44. The molecule has 1 aliphatic carbocycles. The number of nitrogens with two attached hydrogens (primary N) is 1. The Kier molecular flexibility index (Phi) is 12.5. The van der Waals surface area contributed by atoms with E-state index in [0.29, 0.717) is 12.1 Å². The maximum Gasteiger partial charge on any atom is 0.431 e.